The Hall–Kier alpha value is -1.89. The minimum absolute atomic E-state index is 0.278. The van der Waals surface area contributed by atoms with Crippen molar-refractivity contribution >= 4 is 22.5 Å². The van der Waals surface area contributed by atoms with Gasteiger partial charge in [-0.3, -0.25) is 10.4 Å². The number of aromatic nitrogens is 3. The number of H-pyrrole nitrogens is 1. The third-order valence-corrected chi connectivity index (χ3v) is 2.34. The molecule has 2 rings (SSSR count). The van der Waals surface area contributed by atoms with Crippen LogP contribution in [0.1, 0.15) is 5.69 Å². The smallest absolute Gasteiger partial charge is 0.321 e. The number of amides is 2. The lowest BCUT2D eigenvalue weighted by Gasteiger charge is -2.02. The molecule has 0 aliphatic rings. The zero-order valence-electron chi connectivity index (χ0n) is 7.73. The van der Waals surface area contributed by atoms with Crippen LogP contribution in [0.15, 0.2) is 23.8 Å². The average molecular weight is 223 g/mol. The summed E-state index contributed by atoms with van der Waals surface area (Å²) in [7, 11) is 0. The molecule has 7 heteroatoms. The lowest BCUT2D eigenvalue weighted by molar-refractivity contribution is 0.251. The Morgan fingerprint density at radius 1 is 1.53 bits per heavy atom. The summed E-state index contributed by atoms with van der Waals surface area (Å²) in [5.41, 5.74) is 0.851. The number of carbonyl (C=O) groups excluding carboxylic acids is 1. The molecular weight excluding hydrogens is 214 g/mol. The molecular formula is C8H9N5OS. The van der Waals surface area contributed by atoms with Crippen LogP contribution >= 0.6 is 11.3 Å². The van der Waals surface area contributed by atoms with Gasteiger partial charge in [0.2, 0.25) is 0 Å². The first-order chi connectivity index (χ1) is 7.34. The highest BCUT2D eigenvalue weighted by atomic mass is 32.1. The molecule has 15 heavy (non-hydrogen) atoms. The van der Waals surface area contributed by atoms with E-state index in [4.69, 9.17) is 0 Å². The Morgan fingerprint density at radius 3 is 3.13 bits per heavy atom. The molecule has 0 bridgehead atoms. The van der Waals surface area contributed by atoms with Gasteiger partial charge >= 0.3 is 6.03 Å². The molecule has 0 radical (unpaired) electrons. The van der Waals surface area contributed by atoms with Crippen LogP contribution in [0.3, 0.4) is 0 Å². The largest absolute Gasteiger partial charge is 0.332 e. The highest BCUT2D eigenvalue weighted by Gasteiger charge is 2.02. The Balaban J connectivity index is 1.78. The number of urea groups is 1. The molecule has 0 atom stereocenters. The van der Waals surface area contributed by atoms with Gasteiger partial charge in [-0.15, -0.1) is 11.3 Å². The summed E-state index contributed by atoms with van der Waals surface area (Å²) < 4.78 is 0. The molecule has 0 aliphatic carbocycles. The first-order valence-corrected chi connectivity index (χ1v) is 5.15. The van der Waals surface area contributed by atoms with Crippen LogP contribution in [0.2, 0.25) is 0 Å². The van der Waals surface area contributed by atoms with Crippen LogP contribution in [0.4, 0.5) is 9.93 Å². The maximum atomic E-state index is 11.3. The third-order valence-electron chi connectivity index (χ3n) is 1.65. The van der Waals surface area contributed by atoms with Crippen molar-refractivity contribution in [3.8, 4) is 0 Å². The van der Waals surface area contributed by atoms with Gasteiger partial charge in [-0.2, -0.15) is 5.10 Å². The Morgan fingerprint density at radius 2 is 2.47 bits per heavy atom. The fourth-order valence-corrected chi connectivity index (χ4v) is 1.51. The standard InChI is InChI=1S/C8H9N5OS/c14-7(12-8-9-3-4-15-8)10-5-6-1-2-11-13-6/h1-4H,5H2,(H,11,13)(H2,9,10,12,14). The van der Waals surface area contributed by atoms with E-state index in [1.807, 2.05) is 0 Å². The van der Waals surface area contributed by atoms with Crippen LogP contribution in [0.25, 0.3) is 0 Å². The molecule has 0 aliphatic heterocycles. The highest BCUT2D eigenvalue weighted by molar-refractivity contribution is 7.13. The van der Waals surface area contributed by atoms with Crippen molar-refractivity contribution in [3.05, 3.63) is 29.5 Å². The number of aromatic amines is 1. The number of nitrogens with zero attached hydrogens (tertiary/aromatic N) is 2. The molecule has 0 spiro atoms. The number of hydrogen-bond acceptors (Lipinski definition) is 4. The summed E-state index contributed by atoms with van der Waals surface area (Å²) in [6.45, 7) is 0.414. The van der Waals surface area contributed by atoms with Crippen LogP contribution < -0.4 is 10.6 Å². The van der Waals surface area contributed by atoms with Crippen molar-refractivity contribution in [2.75, 3.05) is 5.32 Å². The van der Waals surface area contributed by atoms with Gasteiger partial charge in [-0.25, -0.2) is 9.78 Å². The number of carbonyl (C=O) groups is 1. The lowest BCUT2D eigenvalue weighted by atomic mass is 10.4. The summed E-state index contributed by atoms with van der Waals surface area (Å²) in [5.74, 6) is 0. The molecule has 3 N–H and O–H groups in total. The third kappa shape index (κ3) is 2.78. The van der Waals surface area contributed by atoms with Gasteiger partial charge in [0.25, 0.3) is 0 Å². The Labute approximate surface area is 89.7 Å². The van der Waals surface area contributed by atoms with Gasteiger partial charge in [-0.05, 0) is 6.07 Å². The average Bonchev–Trinajstić information content (AvgIpc) is 2.86. The van der Waals surface area contributed by atoms with E-state index in [9.17, 15) is 4.79 Å². The number of nitrogens with one attached hydrogen (secondary N) is 3. The van der Waals surface area contributed by atoms with Crippen LogP contribution in [-0.2, 0) is 6.54 Å². The van der Waals surface area contributed by atoms with Gasteiger partial charge in [0, 0.05) is 17.8 Å². The van der Waals surface area contributed by atoms with E-state index in [1.54, 1.807) is 23.8 Å². The molecule has 0 saturated carbocycles. The van der Waals surface area contributed by atoms with Crippen LogP contribution in [0, 0.1) is 0 Å². The van der Waals surface area contributed by atoms with E-state index in [0.717, 1.165) is 5.69 Å². The predicted octanol–water partition coefficient (Wildman–Crippen LogP) is 1.19. The summed E-state index contributed by atoms with van der Waals surface area (Å²) >= 11 is 1.37. The van der Waals surface area contributed by atoms with Gasteiger partial charge in [0.05, 0.1) is 12.2 Å². The van der Waals surface area contributed by atoms with Crippen LogP contribution in [0.5, 0.6) is 0 Å². The number of anilines is 1. The van der Waals surface area contributed by atoms with Crippen molar-refractivity contribution in [3.63, 3.8) is 0 Å². The molecule has 2 amide bonds. The summed E-state index contributed by atoms with van der Waals surface area (Å²) in [4.78, 5) is 15.2. The first kappa shape index (κ1) is 9.66. The molecule has 78 valence electrons. The van der Waals surface area contributed by atoms with Gasteiger partial charge < -0.3 is 5.32 Å². The normalized spacial score (nSPS) is 9.87. The number of hydrogen-bond donors (Lipinski definition) is 3. The maximum absolute atomic E-state index is 11.3. The van der Waals surface area contributed by atoms with E-state index in [2.05, 4.69) is 25.8 Å². The van der Waals surface area contributed by atoms with E-state index >= 15 is 0 Å². The highest BCUT2D eigenvalue weighted by Crippen LogP contribution is 2.09. The second kappa shape index (κ2) is 4.56. The summed E-state index contributed by atoms with van der Waals surface area (Å²) in [6, 6.07) is 1.52. The van der Waals surface area contributed by atoms with Gasteiger partial charge in [0.15, 0.2) is 5.13 Å². The lowest BCUT2D eigenvalue weighted by Crippen LogP contribution is -2.28. The van der Waals surface area contributed by atoms with E-state index in [-0.39, 0.29) is 6.03 Å². The van der Waals surface area contributed by atoms with Crippen LogP contribution in [-0.4, -0.2) is 21.2 Å². The minimum atomic E-state index is -0.278. The quantitative estimate of drug-likeness (QED) is 0.730. The fraction of sp³-hybridized carbons (Fsp3) is 0.125. The molecule has 0 saturated heterocycles. The van der Waals surface area contributed by atoms with Crippen molar-refractivity contribution in [1.82, 2.24) is 20.5 Å². The summed E-state index contributed by atoms with van der Waals surface area (Å²) in [5, 5.41) is 14.2. The molecule has 2 aromatic rings. The maximum Gasteiger partial charge on any atom is 0.321 e. The number of rotatable bonds is 3. The first-order valence-electron chi connectivity index (χ1n) is 4.27. The van der Waals surface area contributed by atoms with E-state index in [0.29, 0.717) is 11.7 Å². The van der Waals surface area contributed by atoms with Crippen molar-refractivity contribution in [2.24, 2.45) is 0 Å². The topological polar surface area (TPSA) is 82.7 Å². The van der Waals surface area contributed by atoms with Gasteiger partial charge in [0.1, 0.15) is 0 Å². The molecule has 0 unspecified atom stereocenters. The SMILES string of the molecule is O=C(NCc1ccn[nH]1)Nc1nccs1. The molecule has 2 aromatic heterocycles. The zero-order valence-corrected chi connectivity index (χ0v) is 8.54. The molecule has 0 aromatic carbocycles. The second-order valence-corrected chi connectivity index (χ2v) is 3.62. The molecule has 6 nitrogen and oxygen atoms in total. The Kier molecular flexibility index (Phi) is 2.93. The molecule has 2 heterocycles. The second-order valence-electron chi connectivity index (χ2n) is 2.73. The zero-order chi connectivity index (χ0) is 10.5. The van der Waals surface area contributed by atoms with E-state index in [1.165, 1.54) is 11.3 Å². The van der Waals surface area contributed by atoms with Crippen molar-refractivity contribution in [2.45, 2.75) is 6.54 Å². The van der Waals surface area contributed by atoms with Gasteiger partial charge in [-0.1, -0.05) is 0 Å². The monoisotopic (exact) mass is 223 g/mol. The summed E-state index contributed by atoms with van der Waals surface area (Å²) in [6.07, 6.45) is 3.27. The fourth-order valence-electron chi connectivity index (χ4n) is 0.985. The molecule has 0 fully saturated rings. The minimum Gasteiger partial charge on any atom is -0.332 e. The predicted molar refractivity (Wildman–Crippen MR) is 56.6 cm³/mol. The number of thiazole rings is 1. The van der Waals surface area contributed by atoms with Crippen molar-refractivity contribution < 1.29 is 4.79 Å². The van der Waals surface area contributed by atoms with E-state index < -0.39 is 0 Å². The van der Waals surface area contributed by atoms with Crippen molar-refractivity contribution in [1.29, 1.82) is 0 Å². The Bertz CT molecular complexity index is 410.